The third-order valence-electron chi connectivity index (χ3n) is 4.79. The number of fused-ring (bicyclic) bond motifs is 2. The quantitative estimate of drug-likeness (QED) is 0.636. The molecule has 108 valence electrons. The van der Waals surface area contributed by atoms with Gasteiger partial charge >= 0.3 is 0 Å². The van der Waals surface area contributed by atoms with E-state index in [1.165, 1.54) is 10.5 Å². The number of allylic oxidation sites excluding steroid dienone is 2. The largest absolute Gasteiger partial charge is 0.385 e. The van der Waals surface area contributed by atoms with Crippen LogP contribution in [0.15, 0.2) is 30.4 Å². The first-order valence-electron chi connectivity index (χ1n) is 7.65. The molecule has 1 fully saturated rings. The van der Waals surface area contributed by atoms with Crippen LogP contribution in [0.3, 0.4) is 0 Å². The van der Waals surface area contributed by atoms with Gasteiger partial charge in [0.2, 0.25) is 11.8 Å². The first kappa shape index (κ1) is 12.6. The van der Waals surface area contributed by atoms with Crippen LogP contribution < -0.4 is 10.2 Å². The second kappa shape index (κ2) is 4.72. The van der Waals surface area contributed by atoms with Gasteiger partial charge in [0, 0.05) is 12.2 Å². The smallest absolute Gasteiger partial charge is 0.238 e. The normalized spacial score (nSPS) is 27.3. The third kappa shape index (κ3) is 1.89. The zero-order valence-electron chi connectivity index (χ0n) is 11.8. The molecule has 4 nitrogen and oxygen atoms in total. The lowest BCUT2D eigenvalue weighted by Gasteiger charge is -2.21. The third-order valence-corrected chi connectivity index (χ3v) is 4.79. The van der Waals surface area contributed by atoms with E-state index in [4.69, 9.17) is 0 Å². The highest BCUT2D eigenvalue weighted by Crippen LogP contribution is 2.38. The Morgan fingerprint density at radius 2 is 1.76 bits per heavy atom. The Morgan fingerprint density at radius 1 is 1.05 bits per heavy atom. The summed E-state index contributed by atoms with van der Waals surface area (Å²) in [6, 6.07) is 5.88. The molecule has 4 heteroatoms. The zero-order chi connectivity index (χ0) is 14.4. The molecule has 1 aliphatic carbocycles. The van der Waals surface area contributed by atoms with E-state index in [-0.39, 0.29) is 23.7 Å². The Kier molecular flexibility index (Phi) is 2.84. The van der Waals surface area contributed by atoms with Gasteiger partial charge in [0.25, 0.3) is 0 Å². The summed E-state index contributed by atoms with van der Waals surface area (Å²) in [4.78, 5) is 26.6. The molecule has 2 heterocycles. The van der Waals surface area contributed by atoms with Crippen molar-refractivity contribution in [1.29, 1.82) is 0 Å². The van der Waals surface area contributed by atoms with Gasteiger partial charge in [-0.05, 0) is 49.4 Å². The molecule has 2 amide bonds. The Hall–Kier alpha value is -2.10. The van der Waals surface area contributed by atoms with Crippen molar-refractivity contribution < 1.29 is 9.59 Å². The van der Waals surface area contributed by atoms with Crippen molar-refractivity contribution in [2.45, 2.75) is 25.7 Å². The standard InChI is InChI=1S/C17H18N2O2/c20-16-13-5-1-2-6-14(13)17(21)19(16)12-7-8-15-11(10-12)4-3-9-18-15/h1-2,7-8,10,13-14,18H,3-6,9H2/t13-,14+. The van der Waals surface area contributed by atoms with E-state index in [1.54, 1.807) is 0 Å². The number of nitrogens with one attached hydrogen (secondary N) is 1. The number of carbonyl (C=O) groups excluding carboxylic acids is 2. The number of imide groups is 1. The summed E-state index contributed by atoms with van der Waals surface area (Å²) >= 11 is 0. The molecule has 0 spiro atoms. The molecular formula is C17H18N2O2. The van der Waals surface area contributed by atoms with Crippen molar-refractivity contribution in [2.75, 3.05) is 16.8 Å². The summed E-state index contributed by atoms with van der Waals surface area (Å²) < 4.78 is 0. The molecule has 1 aromatic rings. The predicted molar refractivity (Wildman–Crippen MR) is 81.1 cm³/mol. The summed E-state index contributed by atoms with van der Waals surface area (Å²) in [6.07, 6.45) is 7.52. The van der Waals surface area contributed by atoms with Crippen molar-refractivity contribution in [3.63, 3.8) is 0 Å². The lowest BCUT2D eigenvalue weighted by Crippen LogP contribution is -2.31. The number of carbonyl (C=O) groups is 2. The first-order chi connectivity index (χ1) is 10.3. The summed E-state index contributed by atoms with van der Waals surface area (Å²) in [5, 5.41) is 3.35. The maximum Gasteiger partial charge on any atom is 0.238 e. The van der Waals surface area contributed by atoms with Gasteiger partial charge in [-0.2, -0.15) is 0 Å². The van der Waals surface area contributed by atoms with Gasteiger partial charge in [0.15, 0.2) is 0 Å². The molecule has 1 saturated heterocycles. The highest BCUT2D eigenvalue weighted by Gasteiger charge is 2.47. The molecule has 1 aromatic carbocycles. The number of rotatable bonds is 1. The number of hydrogen-bond acceptors (Lipinski definition) is 3. The topological polar surface area (TPSA) is 49.4 Å². The van der Waals surface area contributed by atoms with Crippen LogP contribution in [0, 0.1) is 11.8 Å². The van der Waals surface area contributed by atoms with E-state index in [0.717, 1.165) is 30.8 Å². The summed E-state index contributed by atoms with van der Waals surface area (Å²) in [6.45, 7) is 0.990. The maximum atomic E-state index is 12.6. The van der Waals surface area contributed by atoms with E-state index in [2.05, 4.69) is 5.32 Å². The van der Waals surface area contributed by atoms with Crippen LogP contribution in [0.2, 0.25) is 0 Å². The minimum Gasteiger partial charge on any atom is -0.385 e. The van der Waals surface area contributed by atoms with Crippen molar-refractivity contribution in [3.05, 3.63) is 35.9 Å². The van der Waals surface area contributed by atoms with Crippen LogP contribution in [0.25, 0.3) is 0 Å². The molecule has 3 aliphatic rings. The van der Waals surface area contributed by atoms with Crippen molar-refractivity contribution in [1.82, 2.24) is 0 Å². The Balaban J connectivity index is 1.70. The molecule has 2 atom stereocenters. The number of aryl methyl sites for hydroxylation is 1. The minimum absolute atomic E-state index is 0.0296. The second-order valence-electron chi connectivity index (χ2n) is 6.04. The molecule has 4 rings (SSSR count). The highest BCUT2D eigenvalue weighted by atomic mass is 16.2. The van der Waals surface area contributed by atoms with Crippen LogP contribution in [0.5, 0.6) is 0 Å². The minimum atomic E-state index is -0.156. The average Bonchev–Trinajstić information content (AvgIpc) is 2.79. The van der Waals surface area contributed by atoms with Gasteiger partial charge in [-0.15, -0.1) is 0 Å². The highest BCUT2D eigenvalue weighted by molar-refractivity contribution is 6.22. The van der Waals surface area contributed by atoms with Gasteiger partial charge in [-0.25, -0.2) is 0 Å². The fourth-order valence-electron chi connectivity index (χ4n) is 3.66. The second-order valence-corrected chi connectivity index (χ2v) is 6.04. The zero-order valence-corrected chi connectivity index (χ0v) is 11.8. The van der Waals surface area contributed by atoms with Crippen molar-refractivity contribution in [3.8, 4) is 0 Å². The van der Waals surface area contributed by atoms with Crippen LogP contribution in [-0.4, -0.2) is 18.4 Å². The van der Waals surface area contributed by atoms with Gasteiger partial charge in [0.1, 0.15) is 0 Å². The van der Waals surface area contributed by atoms with E-state index >= 15 is 0 Å². The van der Waals surface area contributed by atoms with Crippen LogP contribution in [0.1, 0.15) is 24.8 Å². The van der Waals surface area contributed by atoms with Gasteiger partial charge in [0.05, 0.1) is 17.5 Å². The Morgan fingerprint density at radius 3 is 2.48 bits per heavy atom. The summed E-state index contributed by atoms with van der Waals surface area (Å²) in [7, 11) is 0. The van der Waals surface area contributed by atoms with Gasteiger partial charge in [-0.1, -0.05) is 12.2 Å². The number of anilines is 2. The average molecular weight is 282 g/mol. The monoisotopic (exact) mass is 282 g/mol. The maximum absolute atomic E-state index is 12.6. The molecule has 0 bridgehead atoms. The Labute approximate surface area is 123 Å². The molecule has 2 aliphatic heterocycles. The molecule has 0 unspecified atom stereocenters. The fourth-order valence-corrected chi connectivity index (χ4v) is 3.66. The Bertz CT molecular complexity index is 624. The molecular weight excluding hydrogens is 264 g/mol. The van der Waals surface area contributed by atoms with E-state index < -0.39 is 0 Å². The van der Waals surface area contributed by atoms with E-state index in [0.29, 0.717) is 12.8 Å². The number of hydrogen-bond donors (Lipinski definition) is 1. The van der Waals surface area contributed by atoms with Gasteiger partial charge in [-0.3, -0.25) is 14.5 Å². The summed E-state index contributed by atoms with van der Waals surface area (Å²) in [5.74, 6) is -0.371. The molecule has 21 heavy (non-hydrogen) atoms. The van der Waals surface area contributed by atoms with Crippen molar-refractivity contribution in [2.24, 2.45) is 11.8 Å². The SMILES string of the molecule is O=C1[C@H]2CC=CC[C@H]2C(=O)N1c1ccc2c(c1)CCCN2. The number of nitrogens with zero attached hydrogens (tertiary/aromatic N) is 1. The molecule has 1 N–H and O–H groups in total. The predicted octanol–water partition coefficient (Wildman–Crippen LogP) is 2.50. The van der Waals surface area contributed by atoms with Crippen LogP contribution in [0.4, 0.5) is 11.4 Å². The lowest BCUT2D eigenvalue weighted by atomic mass is 9.85. The van der Waals surface area contributed by atoms with E-state index in [1.807, 2.05) is 30.4 Å². The fraction of sp³-hybridized carbons (Fsp3) is 0.412. The molecule has 0 radical (unpaired) electrons. The lowest BCUT2D eigenvalue weighted by molar-refractivity contribution is -0.122. The van der Waals surface area contributed by atoms with E-state index in [9.17, 15) is 9.59 Å². The molecule has 0 saturated carbocycles. The van der Waals surface area contributed by atoms with Gasteiger partial charge < -0.3 is 5.32 Å². The summed E-state index contributed by atoms with van der Waals surface area (Å²) in [5.41, 5.74) is 3.07. The van der Waals surface area contributed by atoms with Crippen LogP contribution in [-0.2, 0) is 16.0 Å². The number of benzene rings is 1. The van der Waals surface area contributed by atoms with Crippen LogP contribution >= 0.6 is 0 Å². The molecule has 0 aromatic heterocycles. The first-order valence-corrected chi connectivity index (χ1v) is 7.65. The number of amides is 2. The van der Waals surface area contributed by atoms with Crippen molar-refractivity contribution >= 4 is 23.2 Å².